The normalized spacial score (nSPS) is 14.5. The van der Waals surface area contributed by atoms with Gasteiger partial charge in [0, 0.05) is 5.92 Å². The van der Waals surface area contributed by atoms with Crippen LogP contribution in [0, 0.1) is 5.92 Å². The third kappa shape index (κ3) is 3.44. The highest BCUT2D eigenvalue weighted by Gasteiger charge is 2.35. The lowest BCUT2D eigenvalue weighted by atomic mass is 9.86. The van der Waals surface area contributed by atoms with Crippen LogP contribution < -0.4 is 4.74 Å². The zero-order chi connectivity index (χ0) is 19.5. The Balaban J connectivity index is 2.36. The van der Waals surface area contributed by atoms with Gasteiger partial charge in [-0.05, 0) is 28.5 Å². The molecular formula is C18H20O5. The van der Waals surface area contributed by atoms with Gasteiger partial charge in [0.1, 0.15) is 5.75 Å². The number of esters is 2. The average Bonchev–Trinajstić information content (AvgIpc) is 2.59. The van der Waals surface area contributed by atoms with E-state index in [0.717, 1.165) is 16.3 Å². The smallest absolute Gasteiger partial charge is 0.320 e. The first-order valence-corrected chi connectivity index (χ1v) is 7.04. The van der Waals surface area contributed by atoms with Crippen molar-refractivity contribution in [3.8, 4) is 5.75 Å². The van der Waals surface area contributed by atoms with Gasteiger partial charge in [0.15, 0.2) is 5.92 Å². The summed E-state index contributed by atoms with van der Waals surface area (Å²) in [6, 6.07) is 10.3. The molecule has 2 rings (SSSR count). The van der Waals surface area contributed by atoms with Gasteiger partial charge in [-0.25, -0.2) is 0 Å². The van der Waals surface area contributed by atoms with Crippen LogP contribution in [-0.2, 0) is 19.1 Å². The van der Waals surface area contributed by atoms with Gasteiger partial charge in [0.2, 0.25) is 0 Å². The number of carbonyl (C=O) groups is 2. The fourth-order valence-electron chi connectivity index (χ4n) is 2.54. The molecule has 122 valence electrons. The Hall–Kier alpha value is -2.56. The quantitative estimate of drug-likeness (QED) is 0.626. The summed E-state index contributed by atoms with van der Waals surface area (Å²) in [6.45, 7) is 1.74. The Kier molecular flexibility index (Phi) is 4.01. The number of fused-ring (bicyclic) bond motifs is 1. The second-order valence-corrected chi connectivity index (χ2v) is 5.18. The molecule has 5 nitrogen and oxygen atoms in total. The Bertz CT molecular complexity index is 800. The van der Waals surface area contributed by atoms with Crippen LogP contribution in [0.3, 0.4) is 0 Å². The van der Waals surface area contributed by atoms with Crippen LogP contribution in [0.2, 0.25) is 0 Å². The van der Waals surface area contributed by atoms with Crippen molar-refractivity contribution in [1.82, 2.24) is 0 Å². The summed E-state index contributed by atoms with van der Waals surface area (Å²) in [6.07, 6.45) is 0. The number of rotatable bonds is 5. The van der Waals surface area contributed by atoms with Gasteiger partial charge in [-0.3, -0.25) is 9.59 Å². The lowest BCUT2D eigenvalue weighted by Crippen LogP contribution is -2.31. The van der Waals surface area contributed by atoms with Gasteiger partial charge < -0.3 is 14.2 Å². The van der Waals surface area contributed by atoms with Crippen molar-refractivity contribution >= 4 is 22.7 Å². The molecule has 0 aliphatic carbocycles. The first-order valence-electron chi connectivity index (χ1n) is 8.54. The molecule has 0 heterocycles. The molecule has 0 N–H and O–H groups in total. The van der Waals surface area contributed by atoms with E-state index in [1.807, 2.05) is 6.07 Å². The molecule has 0 fully saturated rings. The first kappa shape index (κ1) is 12.9. The summed E-state index contributed by atoms with van der Waals surface area (Å²) < 4.78 is 35.8. The second-order valence-electron chi connectivity index (χ2n) is 5.18. The fraction of sp³-hybridized carbons (Fsp3) is 0.333. The Morgan fingerprint density at radius 2 is 1.61 bits per heavy atom. The van der Waals surface area contributed by atoms with Gasteiger partial charge in [-0.2, -0.15) is 0 Å². The van der Waals surface area contributed by atoms with E-state index >= 15 is 0 Å². The van der Waals surface area contributed by atoms with Crippen LogP contribution in [-0.4, -0.2) is 33.2 Å². The lowest BCUT2D eigenvalue weighted by Gasteiger charge is -2.20. The highest BCUT2D eigenvalue weighted by molar-refractivity contribution is 5.96. The maximum atomic E-state index is 12.0. The zero-order valence-corrected chi connectivity index (χ0v) is 13.2. The monoisotopic (exact) mass is 319 g/mol. The molecule has 0 spiro atoms. The predicted molar refractivity (Wildman–Crippen MR) is 86.4 cm³/mol. The Morgan fingerprint density at radius 1 is 1.00 bits per heavy atom. The van der Waals surface area contributed by atoms with Crippen molar-refractivity contribution in [3.63, 3.8) is 0 Å². The van der Waals surface area contributed by atoms with Gasteiger partial charge in [0.25, 0.3) is 0 Å². The number of carbonyl (C=O) groups excluding carboxylic acids is 2. The van der Waals surface area contributed by atoms with Gasteiger partial charge in [-0.1, -0.05) is 31.2 Å². The van der Waals surface area contributed by atoms with Crippen LogP contribution >= 0.6 is 0 Å². The molecule has 0 aliphatic heterocycles. The minimum Gasteiger partial charge on any atom is -0.497 e. The molecule has 0 unspecified atom stereocenters. The highest BCUT2D eigenvalue weighted by Crippen LogP contribution is 2.30. The van der Waals surface area contributed by atoms with E-state index in [-0.39, 0.29) is 5.75 Å². The SMILES string of the molecule is [2H]C([2H])([2H])Oc1ccc2cc([C@@H](C)C(C(=O)OC)C(=O)OC)ccc2c1. The van der Waals surface area contributed by atoms with Gasteiger partial charge >= 0.3 is 11.9 Å². The topological polar surface area (TPSA) is 61.8 Å². The standard InChI is InChI=1S/C18H20O5/c1-11(16(17(19)22-3)18(20)23-4)12-5-6-14-10-15(21-2)8-7-13(14)9-12/h5-11,16H,1-4H3/t11-/m1/s1/i2D3. The van der Waals surface area contributed by atoms with Crippen LogP contribution in [0.15, 0.2) is 36.4 Å². The minimum absolute atomic E-state index is 0.236. The molecule has 0 saturated carbocycles. The maximum absolute atomic E-state index is 12.0. The molecule has 0 saturated heterocycles. The van der Waals surface area contributed by atoms with Crippen molar-refractivity contribution in [2.75, 3.05) is 21.3 Å². The van der Waals surface area contributed by atoms with E-state index in [0.29, 0.717) is 0 Å². The number of hydrogen-bond acceptors (Lipinski definition) is 5. The summed E-state index contributed by atoms with van der Waals surface area (Å²) >= 11 is 0. The summed E-state index contributed by atoms with van der Waals surface area (Å²) in [5.41, 5.74) is 0.753. The van der Waals surface area contributed by atoms with E-state index in [1.54, 1.807) is 37.3 Å². The minimum atomic E-state index is -2.52. The van der Waals surface area contributed by atoms with Crippen molar-refractivity contribution in [2.45, 2.75) is 12.8 Å². The molecule has 0 amide bonds. The van der Waals surface area contributed by atoms with Crippen molar-refractivity contribution in [2.24, 2.45) is 5.92 Å². The summed E-state index contributed by atoms with van der Waals surface area (Å²) in [5, 5.41) is 1.59. The highest BCUT2D eigenvalue weighted by atomic mass is 16.5. The molecule has 2 aromatic carbocycles. The average molecular weight is 319 g/mol. The predicted octanol–water partition coefficient (Wildman–Crippen LogP) is 2.91. The summed E-state index contributed by atoms with van der Waals surface area (Å²) in [7, 11) is -0.0773. The van der Waals surface area contributed by atoms with Crippen molar-refractivity contribution < 1.29 is 27.9 Å². The number of methoxy groups -OCH3 is 3. The van der Waals surface area contributed by atoms with Crippen LogP contribution in [0.5, 0.6) is 5.75 Å². The van der Waals surface area contributed by atoms with Gasteiger partial charge in [-0.15, -0.1) is 0 Å². The summed E-state index contributed by atoms with van der Waals surface area (Å²) in [4.78, 5) is 24.0. The number of hydrogen-bond donors (Lipinski definition) is 0. The Morgan fingerprint density at radius 3 is 2.22 bits per heavy atom. The second kappa shape index (κ2) is 7.13. The van der Waals surface area contributed by atoms with E-state index in [9.17, 15) is 9.59 Å². The van der Waals surface area contributed by atoms with Crippen LogP contribution in [0.25, 0.3) is 10.8 Å². The molecule has 0 aliphatic rings. The van der Waals surface area contributed by atoms with Gasteiger partial charge in [0.05, 0.1) is 25.4 Å². The molecule has 2 aromatic rings. The van der Waals surface area contributed by atoms with E-state index in [4.69, 9.17) is 18.3 Å². The summed E-state index contributed by atoms with van der Waals surface area (Å²) in [5.74, 6) is -2.62. The molecule has 1 atom stereocenters. The van der Waals surface area contributed by atoms with E-state index in [2.05, 4.69) is 0 Å². The van der Waals surface area contributed by atoms with Crippen molar-refractivity contribution in [3.05, 3.63) is 42.0 Å². The molecule has 0 aromatic heterocycles. The van der Waals surface area contributed by atoms with Crippen LogP contribution in [0.4, 0.5) is 0 Å². The molecular weight excluding hydrogens is 296 g/mol. The fourth-order valence-corrected chi connectivity index (χ4v) is 2.54. The molecule has 5 heteroatoms. The third-order valence-electron chi connectivity index (χ3n) is 3.89. The lowest BCUT2D eigenvalue weighted by molar-refractivity contribution is -0.159. The molecule has 0 bridgehead atoms. The van der Waals surface area contributed by atoms with E-state index in [1.165, 1.54) is 14.2 Å². The van der Waals surface area contributed by atoms with E-state index < -0.39 is 30.8 Å². The largest absolute Gasteiger partial charge is 0.497 e. The zero-order valence-electron chi connectivity index (χ0n) is 16.2. The maximum Gasteiger partial charge on any atom is 0.320 e. The van der Waals surface area contributed by atoms with Crippen LogP contribution in [0.1, 0.15) is 22.5 Å². The van der Waals surface area contributed by atoms with Crippen molar-refractivity contribution in [1.29, 1.82) is 0 Å². The number of ether oxygens (including phenoxy) is 3. The first-order chi connectivity index (χ1) is 12.2. The molecule has 0 radical (unpaired) electrons. The third-order valence-corrected chi connectivity index (χ3v) is 3.89. The Labute approximate surface area is 139 Å². The molecule has 23 heavy (non-hydrogen) atoms. The number of benzene rings is 2.